The first-order valence-electron chi connectivity index (χ1n) is 13.9. The smallest absolute Gasteiger partial charge is 0.144 e. The molecule has 5 nitrogen and oxygen atoms in total. The Kier molecular flexibility index (Phi) is 7.11. The van der Waals surface area contributed by atoms with Crippen molar-refractivity contribution in [2.45, 2.75) is 82.0 Å². The summed E-state index contributed by atoms with van der Waals surface area (Å²) in [5.74, 6) is -1.80. The fourth-order valence-corrected chi connectivity index (χ4v) is 8.50. The van der Waals surface area contributed by atoms with Gasteiger partial charge >= 0.3 is 0 Å². The number of rotatable bonds is 8. The molecule has 3 aliphatic heterocycles. The molecule has 7 unspecified atom stereocenters. The maximum Gasteiger partial charge on any atom is 0.144 e. The first kappa shape index (κ1) is 25.7. The van der Waals surface area contributed by atoms with Gasteiger partial charge in [-0.1, -0.05) is 67.5 Å². The van der Waals surface area contributed by atoms with Crippen LogP contribution >= 0.6 is 23.2 Å². The van der Waals surface area contributed by atoms with Crippen LogP contribution in [-0.4, -0.2) is 41.8 Å². The fourth-order valence-electron chi connectivity index (χ4n) is 7.92. The van der Waals surface area contributed by atoms with Crippen molar-refractivity contribution in [3.05, 3.63) is 46.0 Å². The average molecular weight is 546 g/mol. The summed E-state index contributed by atoms with van der Waals surface area (Å²) in [6.07, 6.45) is 12.1. The second-order valence-corrected chi connectivity index (χ2v) is 12.6. The summed E-state index contributed by atoms with van der Waals surface area (Å²) in [6, 6.07) is 5.10. The fraction of sp³-hybridized carbons (Fsp3) is 0.633. The second kappa shape index (κ2) is 10.2. The molecule has 37 heavy (non-hydrogen) atoms. The Morgan fingerprint density at radius 2 is 1.73 bits per heavy atom. The van der Waals surface area contributed by atoms with E-state index in [0.29, 0.717) is 35.4 Å². The molecule has 0 aromatic heterocycles. The van der Waals surface area contributed by atoms with Crippen LogP contribution < -0.4 is 0 Å². The molecule has 0 N–H and O–H groups in total. The number of ketones is 3. The normalized spacial score (nSPS) is 36.9. The van der Waals surface area contributed by atoms with E-state index in [9.17, 15) is 14.4 Å². The van der Waals surface area contributed by atoms with E-state index in [1.807, 2.05) is 12.2 Å². The summed E-state index contributed by atoms with van der Waals surface area (Å²) < 4.78 is 12.4. The number of benzene rings is 1. The Morgan fingerprint density at radius 1 is 0.973 bits per heavy atom. The van der Waals surface area contributed by atoms with E-state index in [0.717, 1.165) is 44.1 Å². The van der Waals surface area contributed by atoms with Crippen LogP contribution in [0.25, 0.3) is 0 Å². The largest absolute Gasteiger partial charge is 0.378 e. The van der Waals surface area contributed by atoms with Crippen molar-refractivity contribution in [3.8, 4) is 0 Å². The van der Waals surface area contributed by atoms with Crippen LogP contribution in [0.15, 0.2) is 30.4 Å². The predicted octanol–water partition coefficient (Wildman–Crippen LogP) is 5.97. The number of ether oxygens (including phenoxy) is 2. The molecule has 2 bridgehead atoms. The Bertz CT molecular complexity index is 1100. The van der Waals surface area contributed by atoms with Gasteiger partial charge in [-0.05, 0) is 48.9 Å². The van der Waals surface area contributed by atoms with Gasteiger partial charge in [0.25, 0.3) is 0 Å². The van der Waals surface area contributed by atoms with E-state index in [1.165, 1.54) is 6.42 Å². The molecule has 5 aliphatic rings. The van der Waals surface area contributed by atoms with Gasteiger partial charge in [-0.3, -0.25) is 14.4 Å². The number of halogens is 2. The van der Waals surface area contributed by atoms with E-state index in [4.69, 9.17) is 32.7 Å². The topological polar surface area (TPSA) is 69.7 Å². The molecule has 2 saturated heterocycles. The second-order valence-electron chi connectivity index (χ2n) is 11.8. The minimum atomic E-state index is -1.01. The molecular weight excluding hydrogens is 511 g/mol. The summed E-state index contributed by atoms with van der Waals surface area (Å²) in [5.41, 5.74) is -0.294. The highest BCUT2D eigenvalue weighted by Crippen LogP contribution is 2.60. The minimum absolute atomic E-state index is 0.00632. The zero-order valence-electron chi connectivity index (χ0n) is 21.0. The minimum Gasteiger partial charge on any atom is -0.378 e. The molecule has 2 saturated carbocycles. The summed E-state index contributed by atoms with van der Waals surface area (Å²) in [7, 11) is 0. The Balaban J connectivity index is 1.30. The molecule has 7 atom stereocenters. The highest BCUT2D eigenvalue weighted by molar-refractivity contribution is 6.34. The SMILES string of the molecule is O=C(Cc1cc(Cl)cc(Cl)c1)C1C2C=CC3(O2)C(C(=O)CC2CCCCC2)C(CC2CCCO2)C(=O)C13. The number of hydrogen-bond acceptors (Lipinski definition) is 5. The molecule has 7 heteroatoms. The summed E-state index contributed by atoms with van der Waals surface area (Å²) in [6.45, 7) is 0.697. The first-order chi connectivity index (χ1) is 17.9. The Labute approximate surface area is 228 Å². The van der Waals surface area contributed by atoms with Crippen LogP contribution in [0.5, 0.6) is 0 Å². The third-order valence-electron chi connectivity index (χ3n) is 9.42. The molecule has 3 heterocycles. The van der Waals surface area contributed by atoms with Crippen molar-refractivity contribution in [1.82, 2.24) is 0 Å². The highest BCUT2D eigenvalue weighted by atomic mass is 35.5. The highest BCUT2D eigenvalue weighted by Gasteiger charge is 2.72. The van der Waals surface area contributed by atoms with Crippen LogP contribution in [0.4, 0.5) is 0 Å². The van der Waals surface area contributed by atoms with Gasteiger partial charge in [0.1, 0.15) is 23.0 Å². The van der Waals surface area contributed by atoms with Gasteiger partial charge in [-0.15, -0.1) is 0 Å². The third kappa shape index (κ3) is 4.64. The van der Waals surface area contributed by atoms with Crippen molar-refractivity contribution in [3.63, 3.8) is 0 Å². The quantitative estimate of drug-likeness (QED) is 0.377. The van der Waals surface area contributed by atoms with Crippen molar-refractivity contribution >= 4 is 40.6 Å². The van der Waals surface area contributed by atoms with Crippen LogP contribution in [0.3, 0.4) is 0 Å². The van der Waals surface area contributed by atoms with E-state index in [2.05, 4.69) is 0 Å². The van der Waals surface area contributed by atoms with Gasteiger partial charge in [0.15, 0.2) is 0 Å². The molecule has 2 aliphatic carbocycles. The van der Waals surface area contributed by atoms with Crippen molar-refractivity contribution in [2.24, 2.45) is 29.6 Å². The molecule has 0 radical (unpaired) electrons. The number of carbonyl (C=O) groups excluding carboxylic acids is 3. The molecule has 1 aromatic rings. The van der Waals surface area contributed by atoms with Crippen LogP contribution in [-0.2, 0) is 30.3 Å². The van der Waals surface area contributed by atoms with E-state index in [-0.39, 0.29) is 29.9 Å². The predicted molar refractivity (Wildman–Crippen MR) is 141 cm³/mol. The lowest BCUT2D eigenvalue weighted by Crippen LogP contribution is -2.44. The standard InChI is InChI=1S/C30H34Cl2O5/c31-19-11-18(12-20(32)15-19)14-23(33)26-25-8-9-30(37-25)27(24(34)13-17-5-2-1-3-6-17)22(29(35)28(26)30)16-21-7-4-10-36-21/h8-9,11-12,15,17,21-22,25-28H,1-7,10,13-14,16H2. The van der Waals surface area contributed by atoms with Crippen molar-refractivity contribution in [1.29, 1.82) is 0 Å². The third-order valence-corrected chi connectivity index (χ3v) is 9.86. The number of fused-ring (bicyclic) bond motifs is 1. The summed E-state index contributed by atoms with van der Waals surface area (Å²) >= 11 is 12.3. The zero-order chi connectivity index (χ0) is 25.7. The molecule has 1 aromatic carbocycles. The van der Waals surface area contributed by atoms with Gasteiger partial charge in [0.2, 0.25) is 0 Å². The lowest BCUT2D eigenvalue weighted by molar-refractivity contribution is -0.136. The van der Waals surface area contributed by atoms with Crippen molar-refractivity contribution < 1.29 is 23.9 Å². The molecular formula is C30H34Cl2O5. The van der Waals surface area contributed by atoms with E-state index < -0.39 is 35.4 Å². The molecule has 1 spiro atoms. The number of hydrogen-bond donors (Lipinski definition) is 0. The lowest BCUT2D eigenvalue weighted by atomic mass is 9.70. The van der Waals surface area contributed by atoms with E-state index in [1.54, 1.807) is 18.2 Å². The van der Waals surface area contributed by atoms with Crippen LogP contribution in [0, 0.1) is 29.6 Å². The maximum atomic E-state index is 14.1. The lowest BCUT2D eigenvalue weighted by Gasteiger charge is -2.33. The Hall–Kier alpha value is -1.53. The molecule has 0 amide bonds. The van der Waals surface area contributed by atoms with Gasteiger partial charge in [0, 0.05) is 35.4 Å². The number of Topliss-reactive ketones (excluding diaryl/α,β-unsaturated/α-hetero) is 3. The Morgan fingerprint density at radius 3 is 2.43 bits per heavy atom. The monoisotopic (exact) mass is 544 g/mol. The van der Waals surface area contributed by atoms with Gasteiger partial charge in [-0.2, -0.15) is 0 Å². The maximum absolute atomic E-state index is 14.1. The van der Waals surface area contributed by atoms with Crippen molar-refractivity contribution in [2.75, 3.05) is 6.61 Å². The van der Waals surface area contributed by atoms with Crippen LogP contribution in [0.1, 0.15) is 63.4 Å². The van der Waals surface area contributed by atoms with E-state index >= 15 is 0 Å². The van der Waals surface area contributed by atoms with Gasteiger partial charge in [-0.25, -0.2) is 0 Å². The van der Waals surface area contributed by atoms with Gasteiger partial charge in [0.05, 0.1) is 30.0 Å². The molecule has 4 fully saturated rings. The average Bonchev–Trinajstić information content (AvgIpc) is 3.62. The number of carbonyl (C=O) groups is 3. The molecule has 198 valence electrons. The van der Waals surface area contributed by atoms with Crippen LogP contribution in [0.2, 0.25) is 10.0 Å². The summed E-state index contributed by atoms with van der Waals surface area (Å²) in [5, 5.41) is 0.940. The van der Waals surface area contributed by atoms with Gasteiger partial charge < -0.3 is 9.47 Å². The zero-order valence-corrected chi connectivity index (χ0v) is 22.5. The first-order valence-corrected chi connectivity index (χ1v) is 14.6. The molecule has 6 rings (SSSR count). The summed E-state index contributed by atoms with van der Waals surface area (Å²) in [4.78, 5) is 41.8.